The molecule has 246 valence electrons. The van der Waals surface area contributed by atoms with Gasteiger partial charge in [0.25, 0.3) is 0 Å². The lowest BCUT2D eigenvalue weighted by Crippen LogP contribution is -2.01. The Morgan fingerprint density at radius 3 is 2.39 bits per heavy atom. The first-order valence-corrected chi connectivity index (χ1v) is 17.2. The fourth-order valence-corrected chi connectivity index (χ4v) is 6.69. The Balaban J connectivity index is 1.37. The average Bonchev–Trinajstić information content (AvgIpc) is 3.58. The summed E-state index contributed by atoms with van der Waals surface area (Å²) in [5.74, 6) is 0.430. The van der Waals surface area contributed by atoms with Crippen molar-refractivity contribution in [2.24, 2.45) is 15.0 Å². The molecule has 0 fully saturated rings. The van der Waals surface area contributed by atoms with Crippen molar-refractivity contribution in [1.82, 2.24) is 4.98 Å². The van der Waals surface area contributed by atoms with Crippen molar-refractivity contribution >= 4 is 74.8 Å². The number of fused-ring (bicyclic) bond motifs is 4. The lowest BCUT2D eigenvalue weighted by Gasteiger charge is -2.10. The van der Waals surface area contributed by atoms with Crippen LogP contribution in [0.15, 0.2) is 153 Å². The Labute approximate surface area is 296 Å². The molecule has 6 nitrogen and oxygen atoms in total. The first kappa shape index (κ1) is 31.7. The standard InChI is InChI=1S/C45H35N5O/c1-2-32-21-22-34-23-24-40(50-42(34)41(32)47-27-30-13-6-3-7-14-30)39-26-35(45(49-29-46)48-28-31-15-8-4-9-16-31)25-38-37-20-12-19-36(43(37)51-44(38)39)33-17-10-5-11-18-33/h2-3,6-8,10,12-29,46H,1,4-5,9,11H2. The monoisotopic (exact) mass is 661 g/mol. The van der Waals surface area contributed by atoms with Gasteiger partial charge in [-0.1, -0.05) is 116 Å². The average molecular weight is 662 g/mol. The van der Waals surface area contributed by atoms with Gasteiger partial charge in [-0.25, -0.2) is 15.0 Å². The molecule has 0 amide bonds. The van der Waals surface area contributed by atoms with E-state index >= 15 is 0 Å². The van der Waals surface area contributed by atoms with Gasteiger partial charge >= 0.3 is 0 Å². The zero-order valence-electron chi connectivity index (χ0n) is 28.1. The van der Waals surface area contributed by atoms with Crippen LogP contribution in [-0.4, -0.2) is 29.6 Å². The topological polar surface area (TPSA) is 87.0 Å². The third-order valence-electron chi connectivity index (χ3n) is 9.21. The van der Waals surface area contributed by atoms with Crippen molar-refractivity contribution in [3.8, 4) is 11.3 Å². The van der Waals surface area contributed by atoms with Gasteiger partial charge in [0.2, 0.25) is 0 Å². The number of aromatic nitrogens is 1. The largest absolute Gasteiger partial charge is 0.455 e. The van der Waals surface area contributed by atoms with E-state index in [1.807, 2.05) is 73.1 Å². The van der Waals surface area contributed by atoms with Crippen LogP contribution in [0, 0.1) is 5.41 Å². The predicted octanol–water partition coefficient (Wildman–Crippen LogP) is 11.6. The zero-order chi connectivity index (χ0) is 34.6. The molecule has 0 saturated heterocycles. The number of furan rings is 1. The Hall–Kier alpha value is -6.53. The molecule has 0 bridgehead atoms. The molecule has 0 aliphatic heterocycles. The highest BCUT2D eigenvalue weighted by Gasteiger charge is 2.20. The summed E-state index contributed by atoms with van der Waals surface area (Å²) >= 11 is 0. The molecule has 6 heteroatoms. The molecule has 2 aliphatic carbocycles. The minimum atomic E-state index is 0.430. The van der Waals surface area contributed by atoms with Gasteiger partial charge in [0.15, 0.2) is 5.84 Å². The smallest absolute Gasteiger partial charge is 0.160 e. The second-order valence-electron chi connectivity index (χ2n) is 12.5. The molecule has 6 aromatic rings. The van der Waals surface area contributed by atoms with Crippen LogP contribution in [0.25, 0.3) is 55.7 Å². The fourth-order valence-electron chi connectivity index (χ4n) is 6.69. The number of pyridine rings is 1. The number of nitrogens with one attached hydrogen (secondary N) is 1. The van der Waals surface area contributed by atoms with E-state index in [1.165, 1.54) is 0 Å². The number of hydrogen-bond donors (Lipinski definition) is 1. The van der Waals surface area contributed by atoms with Gasteiger partial charge in [-0.2, -0.15) is 0 Å². The highest BCUT2D eigenvalue weighted by molar-refractivity contribution is 6.17. The first-order valence-electron chi connectivity index (χ1n) is 17.2. The van der Waals surface area contributed by atoms with Crippen molar-refractivity contribution in [1.29, 1.82) is 5.41 Å². The number of rotatable bonds is 8. The van der Waals surface area contributed by atoms with Crippen LogP contribution in [0.4, 0.5) is 5.69 Å². The molecule has 2 aromatic heterocycles. The number of hydrogen-bond acceptors (Lipinski definition) is 4. The summed E-state index contributed by atoms with van der Waals surface area (Å²) in [6, 6.07) is 28.6. The lowest BCUT2D eigenvalue weighted by atomic mass is 9.96. The Kier molecular flexibility index (Phi) is 8.79. The number of para-hydroxylation sites is 1. The normalized spacial score (nSPS) is 14.9. The maximum absolute atomic E-state index is 7.90. The Morgan fingerprint density at radius 1 is 0.784 bits per heavy atom. The summed E-state index contributed by atoms with van der Waals surface area (Å²) in [6.45, 7) is 4.07. The highest BCUT2D eigenvalue weighted by Crippen LogP contribution is 2.41. The number of benzene rings is 4. The molecule has 1 N–H and O–H groups in total. The van der Waals surface area contributed by atoms with Crippen LogP contribution in [0.2, 0.25) is 0 Å². The summed E-state index contributed by atoms with van der Waals surface area (Å²) < 4.78 is 6.86. The zero-order valence-corrected chi connectivity index (χ0v) is 28.1. The third-order valence-corrected chi connectivity index (χ3v) is 9.21. The summed E-state index contributed by atoms with van der Waals surface area (Å²) in [4.78, 5) is 19.4. The predicted molar refractivity (Wildman–Crippen MR) is 215 cm³/mol. The van der Waals surface area contributed by atoms with E-state index in [-0.39, 0.29) is 0 Å². The second kappa shape index (κ2) is 14.1. The van der Waals surface area contributed by atoms with Gasteiger partial charge in [-0.15, -0.1) is 0 Å². The number of nitrogens with zero attached hydrogens (tertiary/aromatic N) is 4. The molecule has 0 atom stereocenters. The number of allylic oxidation sites excluding steroid dienone is 8. The van der Waals surface area contributed by atoms with Crippen LogP contribution in [0.1, 0.15) is 47.9 Å². The van der Waals surface area contributed by atoms with Crippen molar-refractivity contribution in [2.75, 3.05) is 0 Å². The Morgan fingerprint density at radius 2 is 1.61 bits per heavy atom. The van der Waals surface area contributed by atoms with Gasteiger partial charge in [0.1, 0.15) is 17.5 Å². The first-order chi connectivity index (χ1) is 25.2. The van der Waals surface area contributed by atoms with Crippen molar-refractivity contribution in [3.05, 3.63) is 156 Å². The number of amidine groups is 1. The van der Waals surface area contributed by atoms with E-state index in [0.717, 1.165) is 115 Å². The molecule has 4 aromatic carbocycles. The molecule has 2 heterocycles. The summed E-state index contributed by atoms with van der Waals surface area (Å²) in [7, 11) is 0. The number of aliphatic imine (C=N–C) groups is 3. The Bertz CT molecular complexity index is 2560. The van der Waals surface area contributed by atoms with Crippen LogP contribution in [0.3, 0.4) is 0 Å². The third kappa shape index (κ3) is 6.35. The van der Waals surface area contributed by atoms with Gasteiger partial charge in [0, 0.05) is 50.8 Å². The maximum Gasteiger partial charge on any atom is 0.160 e. The lowest BCUT2D eigenvalue weighted by molar-refractivity contribution is 0.668. The quantitative estimate of drug-likeness (QED) is 0.130. The molecular weight excluding hydrogens is 627 g/mol. The van der Waals surface area contributed by atoms with Crippen LogP contribution in [0.5, 0.6) is 0 Å². The summed E-state index contributed by atoms with van der Waals surface area (Å²) in [6.07, 6.45) is 23.6. The van der Waals surface area contributed by atoms with Gasteiger partial charge in [-0.3, -0.25) is 10.4 Å². The molecular formula is C45H35N5O. The summed E-state index contributed by atoms with van der Waals surface area (Å²) in [5, 5.41) is 10.8. The van der Waals surface area contributed by atoms with E-state index in [9.17, 15) is 0 Å². The maximum atomic E-state index is 7.90. The minimum absolute atomic E-state index is 0.430. The van der Waals surface area contributed by atoms with Crippen LogP contribution >= 0.6 is 0 Å². The van der Waals surface area contributed by atoms with E-state index in [1.54, 1.807) is 0 Å². The molecule has 0 spiro atoms. The molecule has 0 radical (unpaired) electrons. The van der Waals surface area contributed by atoms with Crippen LogP contribution < -0.4 is 0 Å². The van der Waals surface area contributed by atoms with Gasteiger partial charge < -0.3 is 4.42 Å². The van der Waals surface area contributed by atoms with Crippen molar-refractivity contribution < 1.29 is 4.42 Å². The van der Waals surface area contributed by atoms with Gasteiger partial charge in [-0.05, 0) is 60.6 Å². The molecule has 2 aliphatic rings. The van der Waals surface area contributed by atoms with E-state index in [2.05, 4.69) is 78.4 Å². The molecule has 0 saturated carbocycles. The van der Waals surface area contributed by atoms with Crippen molar-refractivity contribution in [3.63, 3.8) is 0 Å². The minimum Gasteiger partial charge on any atom is -0.455 e. The molecule has 0 unspecified atom stereocenters. The highest BCUT2D eigenvalue weighted by atomic mass is 16.3. The molecule has 8 rings (SSSR count). The van der Waals surface area contributed by atoms with E-state index in [4.69, 9.17) is 24.8 Å². The van der Waals surface area contributed by atoms with E-state index < -0.39 is 0 Å². The SMILES string of the molecule is C=Cc1ccc2ccc(-c3cc(C(N=CC4=CCCC=C4)=NC=N)cc4c3oc3c(C5=CCCC=C5)cccc34)nc2c1N=Cc1ccccc1. The van der Waals surface area contributed by atoms with Crippen LogP contribution in [-0.2, 0) is 0 Å². The van der Waals surface area contributed by atoms with Gasteiger partial charge in [0.05, 0.1) is 16.9 Å². The van der Waals surface area contributed by atoms with E-state index in [0.29, 0.717) is 5.84 Å². The molecule has 51 heavy (non-hydrogen) atoms. The fraction of sp³-hybridized carbons (Fsp3) is 0.0889. The summed E-state index contributed by atoms with van der Waals surface area (Å²) in [5.41, 5.74) is 10.4. The second-order valence-corrected chi connectivity index (χ2v) is 12.5. The van der Waals surface area contributed by atoms with Crippen molar-refractivity contribution in [2.45, 2.75) is 25.7 Å².